The number of rotatable bonds is 9. The van der Waals surface area contributed by atoms with Crippen LogP contribution in [0.3, 0.4) is 0 Å². The molecule has 0 saturated carbocycles. The molecule has 0 saturated heterocycles. The van der Waals surface area contributed by atoms with E-state index in [1.807, 2.05) is 31.2 Å². The molecule has 2 N–H and O–H groups in total. The molecule has 1 amide bonds. The smallest absolute Gasteiger partial charge is 0.321 e. The number of hydrogen-bond donors (Lipinski definition) is 2. The number of amides is 1. The molecule has 1 atom stereocenters. The van der Waals surface area contributed by atoms with Crippen LogP contribution in [-0.4, -0.2) is 38.6 Å². The molecular weight excluding hydrogens is 398 g/mol. The average molecular weight is 423 g/mol. The van der Waals surface area contributed by atoms with E-state index in [9.17, 15) is 18.0 Å². The van der Waals surface area contributed by atoms with Crippen molar-refractivity contribution in [3.05, 3.63) is 46.8 Å². The van der Waals surface area contributed by atoms with E-state index < -0.39 is 35.1 Å². The number of benzene rings is 1. The van der Waals surface area contributed by atoms with Crippen molar-refractivity contribution in [1.29, 1.82) is 0 Å². The maximum absolute atomic E-state index is 12.2. The number of nitrogens with zero attached hydrogens (tertiary/aromatic N) is 1. The van der Waals surface area contributed by atoms with Gasteiger partial charge in [0.1, 0.15) is 17.1 Å². The summed E-state index contributed by atoms with van der Waals surface area (Å²) in [6.45, 7) is 5.68. The van der Waals surface area contributed by atoms with Crippen LogP contribution in [-0.2, 0) is 30.8 Å². The van der Waals surface area contributed by atoms with E-state index in [-0.39, 0.29) is 22.4 Å². The molecule has 0 aliphatic rings. The number of carbonyl (C=O) groups excluding carboxylic acids is 2. The van der Waals surface area contributed by atoms with Crippen molar-refractivity contribution >= 4 is 21.9 Å². The van der Waals surface area contributed by atoms with Gasteiger partial charge in [-0.1, -0.05) is 36.3 Å². The number of nitrogens with one attached hydrogen (secondary N) is 2. The van der Waals surface area contributed by atoms with E-state index in [1.165, 1.54) is 19.4 Å². The first-order valence-electron chi connectivity index (χ1n) is 9.10. The largest absolute Gasteiger partial charge is 0.455 e. The van der Waals surface area contributed by atoms with Crippen molar-refractivity contribution in [1.82, 2.24) is 15.2 Å². The van der Waals surface area contributed by atoms with Gasteiger partial charge in [-0.15, -0.1) is 0 Å². The molecule has 2 rings (SSSR count). The van der Waals surface area contributed by atoms with Gasteiger partial charge in [0.25, 0.3) is 5.91 Å². The summed E-state index contributed by atoms with van der Waals surface area (Å²) >= 11 is 0. The predicted octanol–water partition coefficient (Wildman–Crippen LogP) is 1.55. The van der Waals surface area contributed by atoms with Crippen LogP contribution in [0.5, 0.6) is 0 Å². The van der Waals surface area contributed by atoms with Crippen LogP contribution in [0, 0.1) is 13.8 Å². The fourth-order valence-corrected chi connectivity index (χ4v) is 3.98. The number of esters is 1. The van der Waals surface area contributed by atoms with E-state index in [0.717, 1.165) is 12.0 Å². The Balaban J connectivity index is 1.80. The second-order valence-corrected chi connectivity index (χ2v) is 8.23. The van der Waals surface area contributed by atoms with Gasteiger partial charge in [0.15, 0.2) is 12.4 Å². The van der Waals surface area contributed by atoms with Crippen molar-refractivity contribution in [2.24, 2.45) is 0 Å². The summed E-state index contributed by atoms with van der Waals surface area (Å²) in [4.78, 5) is 23.7. The van der Waals surface area contributed by atoms with E-state index in [2.05, 4.69) is 22.1 Å². The Morgan fingerprint density at radius 1 is 1.21 bits per heavy atom. The number of ether oxygens (including phenoxy) is 1. The van der Waals surface area contributed by atoms with E-state index in [0.29, 0.717) is 0 Å². The molecule has 1 aromatic heterocycles. The highest BCUT2D eigenvalue weighted by Crippen LogP contribution is 2.18. The molecule has 10 heteroatoms. The molecule has 9 nitrogen and oxygen atoms in total. The molecule has 158 valence electrons. The lowest BCUT2D eigenvalue weighted by atomic mass is 10.1. The van der Waals surface area contributed by atoms with Gasteiger partial charge in [-0.25, -0.2) is 8.42 Å². The van der Waals surface area contributed by atoms with E-state index in [1.54, 1.807) is 0 Å². The summed E-state index contributed by atoms with van der Waals surface area (Å²) < 4.78 is 36.2. The highest BCUT2D eigenvalue weighted by molar-refractivity contribution is 7.89. The molecule has 0 spiro atoms. The molecule has 29 heavy (non-hydrogen) atoms. The molecular formula is C19H25N3O6S. The van der Waals surface area contributed by atoms with Crippen LogP contribution in [0.2, 0.25) is 0 Å². The zero-order valence-electron chi connectivity index (χ0n) is 16.8. The van der Waals surface area contributed by atoms with Crippen molar-refractivity contribution in [2.75, 3.05) is 13.2 Å². The number of aromatic nitrogens is 1. The standard InChI is InChI=1S/C19H25N3O6S/c1-5-15-6-8-16(9-7-15)12(2)21-17(23)11-27-18(24)10-20-29(25,26)19-13(3)22-28-14(19)4/h6-9,12,20H,5,10-11H2,1-4H3,(H,21,23)/t12-/m1/s1. The molecule has 0 bridgehead atoms. The lowest BCUT2D eigenvalue weighted by Crippen LogP contribution is -2.35. The van der Waals surface area contributed by atoms with Crippen molar-refractivity contribution < 1.29 is 27.3 Å². The lowest BCUT2D eigenvalue weighted by molar-refractivity contribution is -0.147. The summed E-state index contributed by atoms with van der Waals surface area (Å²) in [7, 11) is -3.98. The number of aryl methyl sites for hydroxylation is 3. The molecule has 0 aliphatic heterocycles. The second-order valence-electron chi connectivity index (χ2n) is 6.52. The van der Waals surface area contributed by atoms with Crippen LogP contribution in [0.15, 0.2) is 33.7 Å². The number of hydrogen-bond acceptors (Lipinski definition) is 7. The normalized spacial score (nSPS) is 12.4. The quantitative estimate of drug-likeness (QED) is 0.586. The summed E-state index contributed by atoms with van der Waals surface area (Å²) in [5.74, 6) is -1.25. The molecule has 0 radical (unpaired) electrons. The van der Waals surface area contributed by atoms with E-state index >= 15 is 0 Å². The molecule has 0 unspecified atom stereocenters. The van der Waals surface area contributed by atoms with Gasteiger partial charge >= 0.3 is 5.97 Å². The molecule has 0 fully saturated rings. The monoisotopic (exact) mass is 423 g/mol. The lowest BCUT2D eigenvalue weighted by Gasteiger charge is -2.15. The SMILES string of the molecule is CCc1ccc([C@@H](C)NC(=O)COC(=O)CNS(=O)(=O)c2c(C)noc2C)cc1. The summed E-state index contributed by atoms with van der Waals surface area (Å²) in [5.41, 5.74) is 2.30. The van der Waals surface area contributed by atoms with Crippen LogP contribution >= 0.6 is 0 Å². The fourth-order valence-electron chi connectivity index (χ4n) is 2.69. The fraction of sp³-hybridized carbons (Fsp3) is 0.421. The third-order valence-corrected chi connectivity index (χ3v) is 5.92. The van der Waals surface area contributed by atoms with Crippen molar-refractivity contribution in [2.45, 2.75) is 45.1 Å². The first-order chi connectivity index (χ1) is 13.6. The first-order valence-corrected chi connectivity index (χ1v) is 10.6. The summed E-state index contributed by atoms with van der Waals surface area (Å²) in [6.07, 6.45) is 0.928. The maximum atomic E-state index is 12.2. The van der Waals surface area contributed by atoms with E-state index in [4.69, 9.17) is 9.26 Å². The minimum atomic E-state index is -3.98. The highest BCUT2D eigenvalue weighted by atomic mass is 32.2. The van der Waals surface area contributed by atoms with Gasteiger partial charge in [-0.3, -0.25) is 9.59 Å². The Morgan fingerprint density at radius 3 is 2.41 bits per heavy atom. The predicted molar refractivity (Wildman–Crippen MR) is 105 cm³/mol. The third-order valence-electron chi connectivity index (χ3n) is 4.27. The average Bonchev–Trinajstić information content (AvgIpc) is 3.03. The summed E-state index contributed by atoms with van der Waals surface area (Å²) in [5, 5.41) is 6.29. The summed E-state index contributed by atoms with van der Waals surface area (Å²) in [6, 6.07) is 7.58. The first kappa shape index (κ1) is 22.6. The Hall–Kier alpha value is -2.72. The Bertz CT molecular complexity index is 947. The maximum Gasteiger partial charge on any atom is 0.321 e. The van der Waals surface area contributed by atoms with Crippen molar-refractivity contribution in [3.8, 4) is 0 Å². The molecule has 2 aromatic rings. The Kier molecular flexibility index (Phi) is 7.52. The zero-order valence-corrected chi connectivity index (χ0v) is 17.6. The van der Waals surface area contributed by atoms with Crippen LogP contribution in [0.25, 0.3) is 0 Å². The number of sulfonamides is 1. The topological polar surface area (TPSA) is 128 Å². The molecule has 1 aromatic carbocycles. The van der Waals surface area contributed by atoms with Crippen LogP contribution in [0.4, 0.5) is 0 Å². The molecule has 1 heterocycles. The minimum Gasteiger partial charge on any atom is -0.455 e. The van der Waals surface area contributed by atoms with Gasteiger partial charge in [-0.2, -0.15) is 4.72 Å². The van der Waals surface area contributed by atoms with Crippen molar-refractivity contribution in [3.63, 3.8) is 0 Å². The van der Waals surface area contributed by atoms with Gasteiger partial charge in [0.2, 0.25) is 10.0 Å². The Morgan fingerprint density at radius 2 is 1.86 bits per heavy atom. The minimum absolute atomic E-state index is 0.115. The van der Waals surface area contributed by atoms with Gasteiger partial charge in [0, 0.05) is 0 Å². The van der Waals surface area contributed by atoms with Gasteiger partial charge < -0.3 is 14.6 Å². The second kappa shape index (κ2) is 9.66. The molecule has 0 aliphatic carbocycles. The van der Waals surface area contributed by atoms with Crippen LogP contribution in [0.1, 0.15) is 42.5 Å². The number of carbonyl (C=O) groups is 2. The zero-order chi connectivity index (χ0) is 21.6. The van der Waals surface area contributed by atoms with Gasteiger partial charge in [0.05, 0.1) is 6.04 Å². The third kappa shape index (κ3) is 6.13. The van der Waals surface area contributed by atoms with Gasteiger partial charge in [-0.05, 0) is 38.3 Å². The highest BCUT2D eigenvalue weighted by Gasteiger charge is 2.25. The Labute approximate surface area is 169 Å². The van der Waals surface area contributed by atoms with Crippen LogP contribution < -0.4 is 10.0 Å².